The highest BCUT2D eigenvalue weighted by Crippen LogP contribution is 2.24. The van der Waals surface area contributed by atoms with Crippen molar-refractivity contribution in [1.82, 2.24) is 10.2 Å². The second-order valence-corrected chi connectivity index (χ2v) is 7.26. The summed E-state index contributed by atoms with van der Waals surface area (Å²) in [6.07, 6.45) is 13.3. The van der Waals surface area contributed by atoms with Crippen molar-refractivity contribution in [3.8, 4) is 0 Å². The summed E-state index contributed by atoms with van der Waals surface area (Å²) < 4.78 is 5.23. The third-order valence-electron chi connectivity index (χ3n) is 5.37. The van der Waals surface area contributed by atoms with Crippen molar-refractivity contribution in [3.63, 3.8) is 0 Å². The molecule has 25 heavy (non-hydrogen) atoms. The van der Waals surface area contributed by atoms with Crippen molar-refractivity contribution in [3.05, 3.63) is 35.8 Å². The van der Waals surface area contributed by atoms with Gasteiger partial charge in [0.15, 0.2) is 5.76 Å². The monoisotopic (exact) mass is 344 g/mol. The van der Waals surface area contributed by atoms with Gasteiger partial charge in [-0.3, -0.25) is 9.59 Å². The second kappa shape index (κ2) is 8.37. The maximum atomic E-state index is 12.3. The van der Waals surface area contributed by atoms with Gasteiger partial charge in [-0.2, -0.15) is 0 Å². The van der Waals surface area contributed by atoms with Gasteiger partial charge in [0.2, 0.25) is 5.91 Å². The summed E-state index contributed by atoms with van der Waals surface area (Å²) in [4.78, 5) is 26.4. The van der Waals surface area contributed by atoms with E-state index in [0.717, 1.165) is 18.4 Å². The zero-order chi connectivity index (χ0) is 17.6. The average Bonchev–Trinajstić information content (AvgIpc) is 3.07. The number of allylic oxidation sites excluding steroid dienone is 1. The molecule has 0 aromatic carbocycles. The van der Waals surface area contributed by atoms with E-state index in [1.807, 2.05) is 11.8 Å². The van der Waals surface area contributed by atoms with Crippen molar-refractivity contribution < 1.29 is 14.0 Å². The molecule has 1 aliphatic carbocycles. The van der Waals surface area contributed by atoms with Crippen LogP contribution in [0.25, 0.3) is 0 Å². The van der Waals surface area contributed by atoms with Crippen LogP contribution in [0.4, 0.5) is 0 Å². The molecule has 1 N–H and O–H groups in total. The van der Waals surface area contributed by atoms with E-state index in [2.05, 4.69) is 11.4 Å². The first kappa shape index (κ1) is 17.8. The number of piperidine rings is 1. The molecule has 1 saturated heterocycles. The van der Waals surface area contributed by atoms with E-state index in [1.54, 1.807) is 12.1 Å². The van der Waals surface area contributed by atoms with E-state index < -0.39 is 0 Å². The molecule has 2 amide bonds. The Hall–Kier alpha value is -2.04. The Bertz CT molecular complexity index is 621. The first-order chi connectivity index (χ1) is 12.1. The first-order valence-corrected chi connectivity index (χ1v) is 9.45. The predicted molar refractivity (Wildman–Crippen MR) is 96.2 cm³/mol. The summed E-state index contributed by atoms with van der Waals surface area (Å²) in [6, 6.07) is 1.89. The number of likely N-dealkylation sites (tertiary alicyclic amines) is 1. The minimum absolute atomic E-state index is 0.100. The number of carbonyl (C=O) groups excluding carboxylic acids is 2. The van der Waals surface area contributed by atoms with Gasteiger partial charge in [0.05, 0.1) is 6.26 Å². The van der Waals surface area contributed by atoms with Gasteiger partial charge < -0.3 is 14.6 Å². The Balaban J connectivity index is 1.43. The molecule has 0 atom stereocenters. The molecule has 1 aliphatic heterocycles. The lowest BCUT2D eigenvalue weighted by molar-refractivity contribution is -0.127. The summed E-state index contributed by atoms with van der Waals surface area (Å²) in [6.45, 7) is 3.24. The maximum Gasteiger partial charge on any atom is 0.287 e. The minimum atomic E-state index is -0.163. The van der Waals surface area contributed by atoms with Gasteiger partial charge in [-0.15, -0.1) is 0 Å². The standard InChI is InChI=1S/C20H28N2O3/c1-15-11-14-25-19(15)20(24)21-17-9-12-22(13-10-17)18(23)8-7-16-5-3-2-4-6-16/h7-8,11,14,16-17H,2-6,9-10,12-13H2,1H3,(H,21,24)/b8-7+. The molecule has 0 radical (unpaired) electrons. The lowest BCUT2D eigenvalue weighted by atomic mass is 9.89. The van der Waals surface area contributed by atoms with Crippen LogP contribution in [-0.4, -0.2) is 35.8 Å². The Morgan fingerprint density at radius 2 is 1.88 bits per heavy atom. The van der Waals surface area contributed by atoms with Crippen molar-refractivity contribution in [2.75, 3.05) is 13.1 Å². The van der Waals surface area contributed by atoms with E-state index in [9.17, 15) is 9.59 Å². The van der Waals surface area contributed by atoms with Crippen LogP contribution in [0, 0.1) is 12.8 Å². The van der Waals surface area contributed by atoms with Gasteiger partial charge in [-0.25, -0.2) is 0 Å². The molecule has 0 spiro atoms. The van der Waals surface area contributed by atoms with Gasteiger partial charge in [0.25, 0.3) is 5.91 Å². The van der Waals surface area contributed by atoms with Crippen molar-refractivity contribution in [1.29, 1.82) is 0 Å². The van der Waals surface area contributed by atoms with E-state index in [0.29, 0.717) is 24.8 Å². The van der Waals surface area contributed by atoms with Crippen LogP contribution < -0.4 is 5.32 Å². The number of hydrogen-bond acceptors (Lipinski definition) is 3. The molecular weight excluding hydrogens is 316 g/mol. The molecule has 5 nitrogen and oxygen atoms in total. The molecule has 3 rings (SSSR count). The lowest BCUT2D eigenvalue weighted by Gasteiger charge is -2.31. The van der Waals surface area contributed by atoms with Crippen molar-refractivity contribution >= 4 is 11.8 Å². The van der Waals surface area contributed by atoms with Crippen LogP contribution in [0.5, 0.6) is 0 Å². The molecule has 136 valence electrons. The number of hydrogen-bond donors (Lipinski definition) is 1. The zero-order valence-electron chi connectivity index (χ0n) is 15.0. The second-order valence-electron chi connectivity index (χ2n) is 7.26. The highest BCUT2D eigenvalue weighted by atomic mass is 16.3. The molecule has 1 saturated carbocycles. The highest BCUT2D eigenvalue weighted by Gasteiger charge is 2.24. The van der Waals surface area contributed by atoms with Gasteiger partial charge in [0.1, 0.15) is 0 Å². The van der Waals surface area contributed by atoms with E-state index >= 15 is 0 Å². The molecule has 1 aromatic heterocycles. The van der Waals surface area contributed by atoms with Gasteiger partial charge in [-0.1, -0.05) is 25.3 Å². The summed E-state index contributed by atoms with van der Waals surface area (Å²) in [7, 11) is 0. The van der Waals surface area contributed by atoms with Crippen LogP contribution >= 0.6 is 0 Å². The number of amides is 2. The van der Waals surface area contributed by atoms with Crippen LogP contribution in [-0.2, 0) is 4.79 Å². The average molecular weight is 344 g/mol. The third-order valence-corrected chi connectivity index (χ3v) is 5.37. The Morgan fingerprint density at radius 3 is 2.52 bits per heavy atom. The fourth-order valence-corrected chi connectivity index (χ4v) is 3.75. The fraction of sp³-hybridized carbons (Fsp3) is 0.600. The lowest BCUT2D eigenvalue weighted by Crippen LogP contribution is -2.46. The van der Waals surface area contributed by atoms with Gasteiger partial charge in [-0.05, 0) is 50.7 Å². The zero-order valence-corrected chi connectivity index (χ0v) is 15.0. The SMILES string of the molecule is Cc1ccoc1C(=O)NC1CCN(C(=O)/C=C/C2CCCCC2)CC1. The smallest absolute Gasteiger partial charge is 0.287 e. The number of aryl methyl sites for hydroxylation is 1. The largest absolute Gasteiger partial charge is 0.459 e. The van der Waals surface area contributed by atoms with Crippen molar-refractivity contribution in [2.45, 2.75) is 57.9 Å². The number of rotatable bonds is 4. The fourth-order valence-electron chi connectivity index (χ4n) is 3.75. The van der Waals surface area contributed by atoms with E-state index in [1.165, 1.54) is 38.4 Å². The van der Waals surface area contributed by atoms with E-state index in [4.69, 9.17) is 4.42 Å². The molecule has 1 aromatic rings. The maximum absolute atomic E-state index is 12.3. The predicted octanol–water partition coefficient (Wildman–Crippen LogP) is 3.45. The molecule has 0 bridgehead atoms. The van der Waals surface area contributed by atoms with Gasteiger partial charge >= 0.3 is 0 Å². The van der Waals surface area contributed by atoms with Crippen LogP contribution in [0.2, 0.25) is 0 Å². The number of carbonyl (C=O) groups is 2. The molecule has 0 unspecified atom stereocenters. The van der Waals surface area contributed by atoms with Crippen LogP contribution in [0.3, 0.4) is 0 Å². The van der Waals surface area contributed by atoms with Crippen molar-refractivity contribution in [2.24, 2.45) is 5.92 Å². The third kappa shape index (κ3) is 4.74. The van der Waals surface area contributed by atoms with E-state index in [-0.39, 0.29) is 17.9 Å². The topological polar surface area (TPSA) is 62.6 Å². The highest BCUT2D eigenvalue weighted by molar-refractivity contribution is 5.93. The summed E-state index contributed by atoms with van der Waals surface area (Å²) >= 11 is 0. The Kier molecular flexibility index (Phi) is 5.95. The molecule has 2 heterocycles. The molecule has 2 fully saturated rings. The Labute approximate surface area is 149 Å². The normalized spacial score (nSPS) is 20.1. The molecular formula is C20H28N2O3. The number of nitrogens with one attached hydrogen (secondary N) is 1. The minimum Gasteiger partial charge on any atom is -0.459 e. The number of furan rings is 1. The summed E-state index contributed by atoms with van der Waals surface area (Å²) in [5.74, 6) is 0.904. The van der Waals surface area contributed by atoms with Crippen LogP contribution in [0.1, 0.15) is 61.1 Å². The summed E-state index contributed by atoms with van der Waals surface area (Å²) in [5, 5.41) is 3.02. The summed E-state index contributed by atoms with van der Waals surface area (Å²) in [5.41, 5.74) is 0.845. The molecule has 2 aliphatic rings. The van der Waals surface area contributed by atoms with Gasteiger partial charge in [0, 0.05) is 24.7 Å². The van der Waals surface area contributed by atoms with Crippen LogP contribution in [0.15, 0.2) is 28.9 Å². The first-order valence-electron chi connectivity index (χ1n) is 9.45. The molecule has 5 heteroatoms. The quantitative estimate of drug-likeness (QED) is 0.851. The Morgan fingerprint density at radius 1 is 1.16 bits per heavy atom. The number of nitrogens with zero attached hydrogens (tertiary/aromatic N) is 1.